The molecule has 0 fully saturated rings. The molecule has 4 heteroatoms. The van der Waals surface area contributed by atoms with E-state index in [-0.39, 0.29) is 29.6 Å². The molecule has 1 aromatic rings. The van der Waals surface area contributed by atoms with E-state index in [9.17, 15) is 9.90 Å². The number of phenolic OH excluding ortho intramolecular Hbond substituents is 1. The number of carbonyl (C=O) groups is 1. The largest absolute Gasteiger partial charge is 0.508 e. The highest BCUT2D eigenvalue weighted by Crippen LogP contribution is 2.41. The lowest BCUT2D eigenvalue weighted by Gasteiger charge is -2.33. The van der Waals surface area contributed by atoms with Gasteiger partial charge in [-0.2, -0.15) is 0 Å². The van der Waals surface area contributed by atoms with Crippen LogP contribution in [-0.2, 0) is 10.2 Å². The quantitative estimate of drug-likeness (QED) is 0.833. The number of carboxylic acids is 1. The second-order valence-corrected chi connectivity index (χ2v) is 7.29. The highest BCUT2D eigenvalue weighted by molar-refractivity contribution is 5.66. The third-order valence-electron chi connectivity index (χ3n) is 3.25. The minimum atomic E-state index is -0.887. The van der Waals surface area contributed by atoms with Gasteiger partial charge in [0.1, 0.15) is 11.5 Å². The van der Waals surface area contributed by atoms with E-state index in [4.69, 9.17) is 9.84 Å². The van der Waals surface area contributed by atoms with Gasteiger partial charge in [0.15, 0.2) is 0 Å². The van der Waals surface area contributed by atoms with Gasteiger partial charge in [0.2, 0.25) is 0 Å². The molecule has 0 bridgehead atoms. The number of hydrogen-bond donors (Lipinski definition) is 2. The molecule has 1 rings (SSSR count). The van der Waals surface area contributed by atoms with E-state index in [0.29, 0.717) is 5.75 Å². The van der Waals surface area contributed by atoms with Crippen LogP contribution in [0.2, 0.25) is 0 Å². The van der Waals surface area contributed by atoms with E-state index in [1.165, 1.54) is 0 Å². The van der Waals surface area contributed by atoms with Gasteiger partial charge < -0.3 is 14.9 Å². The van der Waals surface area contributed by atoms with Gasteiger partial charge in [0.05, 0.1) is 13.0 Å². The minimum absolute atomic E-state index is 0.0401. The van der Waals surface area contributed by atoms with Crippen molar-refractivity contribution in [2.24, 2.45) is 5.41 Å². The summed E-state index contributed by atoms with van der Waals surface area (Å²) in [6.07, 6.45) is 0.869. The predicted octanol–water partition coefficient (Wildman–Crippen LogP) is 3.96. The molecule has 1 aromatic carbocycles. The Morgan fingerprint density at radius 2 is 1.81 bits per heavy atom. The summed E-state index contributed by atoms with van der Waals surface area (Å²) in [5.41, 5.74) is 0.759. The molecule has 0 saturated carbocycles. The molecule has 0 aliphatic carbocycles. The Morgan fingerprint density at radius 1 is 1.19 bits per heavy atom. The summed E-state index contributed by atoms with van der Waals surface area (Å²) >= 11 is 0. The lowest BCUT2D eigenvalue weighted by molar-refractivity contribution is -0.137. The number of hydrogen-bond acceptors (Lipinski definition) is 3. The lowest BCUT2D eigenvalue weighted by Crippen LogP contribution is -2.25. The number of aliphatic carboxylic acids is 1. The maximum atomic E-state index is 10.5. The maximum absolute atomic E-state index is 10.5. The zero-order valence-electron chi connectivity index (χ0n) is 13.6. The molecule has 0 aliphatic heterocycles. The van der Waals surface area contributed by atoms with E-state index in [1.54, 1.807) is 12.1 Å². The van der Waals surface area contributed by atoms with Crippen molar-refractivity contribution in [1.82, 2.24) is 0 Å². The summed E-state index contributed by atoms with van der Waals surface area (Å²) in [4.78, 5) is 10.5. The van der Waals surface area contributed by atoms with Gasteiger partial charge in [-0.05, 0) is 35.4 Å². The fourth-order valence-corrected chi connectivity index (χ4v) is 2.82. The highest BCUT2D eigenvalue weighted by atomic mass is 16.5. The Morgan fingerprint density at radius 3 is 2.33 bits per heavy atom. The van der Waals surface area contributed by atoms with Gasteiger partial charge in [-0.25, -0.2) is 0 Å². The van der Waals surface area contributed by atoms with Crippen molar-refractivity contribution in [2.75, 3.05) is 6.61 Å². The lowest BCUT2D eigenvalue weighted by atomic mass is 9.72. The molecule has 0 spiro atoms. The van der Waals surface area contributed by atoms with Gasteiger partial charge in [0, 0.05) is 5.56 Å². The van der Waals surface area contributed by atoms with E-state index < -0.39 is 5.97 Å². The average molecular weight is 294 g/mol. The van der Waals surface area contributed by atoms with Crippen LogP contribution in [0.1, 0.15) is 53.0 Å². The first-order chi connectivity index (χ1) is 9.51. The molecule has 0 radical (unpaired) electrons. The van der Waals surface area contributed by atoms with Crippen LogP contribution < -0.4 is 4.74 Å². The van der Waals surface area contributed by atoms with E-state index >= 15 is 0 Å². The monoisotopic (exact) mass is 294 g/mol. The standard InChI is InChI=1S/C17H26O4/c1-16(2,3)11-17(4,5)13-10-12(6-7-14(13)18)21-9-8-15(19)20/h6-7,10,18H,8-9,11H2,1-5H3,(H,19,20). The molecule has 0 unspecified atom stereocenters. The topological polar surface area (TPSA) is 66.8 Å². The maximum Gasteiger partial charge on any atom is 0.306 e. The Bertz CT molecular complexity index is 498. The second kappa shape index (κ2) is 6.37. The van der Waals surface area contributed by atoms with Gasteiger partial charge in [-0.3, -0.25) is 4.79 Å². The fourth-order valence-electron chi connectivity index (χ4n) is 2.82. The Balaban J connectivity index is 2.93. The first-order valence-electron chi connectivity index (χ1n) is 7.19. The molecule has 118 valence electrons. The van der Waals surface area contributed by atoms with Crippen LogP contribution in [0.15, 0.2) is 18.2 Å². The summed E-state index contributed by atoms with van der Waals surface area (Å²) in [6.45, 7) is 10.8. The van der Waals surface area contributed by atoms with Crippen LogP contribution in [0.4, 0.5) is 0 Å². The van der Waals surface area contributed by atoms with Gasteiger partial charge in [0.25, 0.3) is 0 Å². The van der Waals surface area contributed by atoms with E-state index in [1.807, 2.05) is 6.07 Å². The summed E-state index contributed by atoms with van der Waals surface area (Å²) in [5.74, 6) is -0.0528. The zero-order chi connectivity index (χ0) is 16.3. The van der Waals surface area contributed by atoms with Gasteiger partial charge in [-0.15, -0.1) is 0 Å². The molecular formula is C17H26O4. The van der Waals surface area contributed by atoms with Crippen molar-refractivity contribution in [3.63, 3.8) is 0 Å². The third-order valence-corrected chi connectivity index (χ3v) is 3.25. The Labute approximate surface area is 126 Å². The summed E-state index contributed by atoms with van der Waals surface area (Å²) in [6, 6.07) is 5.08. The first-order valence-corrected chi connectivity index (χ1v) is 7.19. The first kappa shape index (κ1) is 17.3. The van der Waals surface area contributed by atoms with Crippen molar-refractivity contribution >= 4 is 5.97 Å². The van der Waals surface area contributed by atoms with E-state index in [2.05, 4.69) is 34.6 Å². The van der Waals surface area contributed by atoms with Crippen LogP contribution in [0, 0.1) is 5.41 Å². The van der Waals surface area contributed by atoms with Crippen LogP contribution >= 0.6 is 0 Å². The number of benzene rings is 1. The SMILES string of the molecule is CC(C)(C)CC(C)(C)c1cc(OCCC(=O)O)ccc1O. The van der Waals surface area contributed by atoms with Gasteiger partial charge >= 0.3 is 5.97 Å². The van der Waals surface area contributed by atoms with Crippen LogP contribution in [0.5, 0.6) is 11.5 Å². The van der Waals surface area contributed by atoms with Crippen molar-refractivity contribution in [1.29, 1.82) is 0 Å². The van der Waals surface area contributed by atoms with Crippen molar-refractivity contribution in [3.05, 3.63) is 23.8 Å². The third kappa shape index (κ3) is 5.66. The van der Waals surface area contributed by atoms with Gasteiger partial charge in [-0.1, -0.05) is 34.6 Å². The molecule has 0 saturated heterocycles. The zero-order valence-corrected chi connectivity index (χ0v) is 13.6. The smallest absolute Gasteiger partial charge is 0.306 e. The number of ether oxygens (including phenoxy) is 1. The molecule has 2 N–H and O–H groups in total. The molecular weight excluding hydrogens is 268 g/mol. The Hall–Kier alpha value is -1.71. The molecule has 0 amide bonds. The molecule has 21 heavy (non-hydrogen) atoms. The average Bonchev–Trinajstić information content (AvgIpc) is 2.27. The Kier molecular flexibility index (Phi) is 5.26. The predicted molar refractivity (Wildman–Crippen MR) is 83.0 cm³/mol. The number of rotatable bonds is 6. The number of phenols is 1. The second-order valence-electron chi connectivity index (χ2n) is 7.29. The minimum Gasteiger partial charge on any atom is -0.508 e. The molecule has 0 heterocycles. The molecule has 0 aromatic heterocycles. The molecule has 0 atom stereocenters. The van der Waals surface area contributed by atoms with E-state index in [0.717, 1.165) is 12.0 Å². The summed E-state index contributed by atoms with van der Waals surface area (Å²) < 4.78 is 5.45. The molecule has 4 nitrogen and oxygen atoms in total. The van der Waals surface area contributed by atoms with Crippen LogP contribution in [0.3, 0.4) is 0 Å². The fraction of sp³-hybridized carbons (Fsp3) is 0.588. The number of aromatic hydroxyl groups is 1. The van der Waals surface area contributed by atoms with Crippen molar-refractivity contribution < 1.29 is 19.7 Å². The highest BCUT2D eigenvalue weighted by Gasteiger charge is 2.29. The number of carboxylic acid groups (broad SMARTS) is 1. The van der Waals surface area contributed by atoms with Crippen molar-refractivity contribution in [3.8, 4) is 11.5 Å². The van der Waals surface area contributed by atoms with Crippen LogP contribution in [-0.4, -0.2) is 22.8 Å². The van der Waals surface area contributed by atoms with Crippen molar-refractivity contribution in [2.45, 2.75) is 52.9 Å². The summed E-state index contributed by atoms with van der Waals surface area (Å²) in [5, 5.41) is 18.8. The normalized spacial score (nSPS) is 12.2. The molecule has 0 aliphatic rings. The summed E-state index contributed by atoms with van der Waals surface area (Å²) in [7, 11) is 0. The van der Waals surface area contributed by atoms with Crippen LogP contribution in [0.25, 0.3) is 0 Å².